The minimum Gasteiger partial charge on any atom is -0.494 e. The zero-order valence-electron chi connectivity index (χ0n) is 22.3. The molecule has 194 valence electrons. The molecule has 0 heterocycles. The normalized spacial score (nSPS) is 11.1. The quantitative estimate of drug-likeness (QED) is 0.149. The van der Waals surface area contributed by atoms with Gasteiger partial charge in [0.2, 0.25) is 0 Å². The van der Waals surface area contributed by atoms with Crippen molar-refractivity contribution in [2.75, 3.05) is 13.2 Å². The molecule has 0 fully saturated rings. The number of fused-ring (bicyclic) bond motifs is 1. The zero-order chi connectivity index (χ0) is 25.6. The highest BCUT2D eigenvalue weighted by atomic mass is 16.5. The maximum absolute atomic E-state index is 12.1. The molecule has 0 radical (unpaired) electrons. The summed E-state index contributed by atoms with van der Waals surface area (Å²) >= 11 is 0. The molecule has 0 N–H and O–H groups in total. The van der Waals surface area contributed by atoms with E-state index >= 15 is 0 Å². The van der Waals surface area contributed by atoms with Gasteiger partial charge in [-0.1, -0.05) is 90.0 Å². The van der Waals surface area contributed by atoms with E-state index in [1.165, 1.54) is 44.9 Å². The summed E-state index contributed by atoms with van der Waals surface area (Å²) < 4.78 is 17.4. The van der Waals surface area contributed by atoms with Gasteiger partial charge in [0, 0.05) is 5.39 Å². The van der Waals surface area contributed by atoms with Gasteiger partial charge in [-0.05, 0) is 59.7 Å². The van der Waals surface area contributed by atoms with Gasteiger partial charge in [0.1, 0.15) is 18.1 Å². The van der Waals surface area contributed by atoms with Gasteiger partial charge in [0.05, 0.1) is 18.8 Å². The van der Waals surface area contributed by atoms with Gasteiger partial charge in [-0.3, -0.25) is 0 Å². The van der Waals surface area contributed by atoms with E-state index in [0.717, 1.165) is 40.9 Å². The fraction of sp³-hybridized carbons (Fsp3) is 0.469. The third kappa shape index (κ3) is 9.22. The second-order valence-corrected chi connectivity index (χ2v) is 9.94. The molecule has 4 nitrogen and oxygen atoms in total. The number of ether oxygens (including phenoxy) is 3. The van der Waals surface area contributed by atoms with Crippen LogP contribution < -0.4 is 9.47 Å². The molecule has 0 spiro atoms. The first-order valence-corrected chi connectivity index (χ1v) is 13.6. The highest BCUT2D eigenvalue weighted by Crippen LogP contribution is 2.29. The van der Waals surface area contributed by atoms with E-state index in [9.17, 15) is 4.79 Å². The van der Waals surface area contributed by atoms with Crippen molar-refractivity contribution in [2.24, 2.45) is 5.92 Å². The average Bonchev–Trinajstić information content (AvgIpc) is 2.89. The summed E-state index contributed by atoms with van der Waals surface area (Å²) in [6, 6.07) is 19.7. The molecule has 0 aromatic heterocycles. The summed E-state index contributed by atoms with van der Waals surface area (Å²) in [5, 5.41) is 2.16. The Morgan fingerprint density at radius 2 is 1.53 bits per heavy atom. The molecule has 0 aliphatic carbocycles. The monoisotopic (exact) mass is 490 g/mol. The maximum atomic E-state index is 12.1. The first-order valence-electron chi connectivity index (χ1n) is 13.6. The smallest absolute Gasteiger partial charge is 0.338 e. The lowest BCUT2D eigenvalue weighted by Gasteiger charge is -2.12. The van der Waals surface area contributed by atoms with Crippen molar-refractivity contribution in [2.45, 2.75) is 78.7 Å². The molecule has 0 aliphatic rings. The van der Waals surface area contributed by atoms with E-state index in [2.05, 4.69) is 25.1 Å². The van der Waals surface area contributed by atoms with Crippen LogP contribution in [0.25, 0.3) is 10.8 Å². The van der Waals surface area contributed by atoms with Gasteiger partial charge in [-0.2, -0.15) is 0 Å². The first kappa shape index (κ1) is 27.6. The summed E-state index contributed by atoms with van der Waals surface area (Å²) in [5.74, 6) is 1.77. The lowest BCUT2D eigenvalue weighted by Crippen LogP contribution is -2.10. The van der Waals surface area contributed by atoms with Crippen LogP contribution in [-0.4, -0.2) is 19.2 Å². The lowest BCUT2D eigenvalue weighted by molar-refractivity contribution is 0.0459. The third-order valence-electron chi connectivity index (χ3n) is 6.21. The third-order valence-corrected chi connectivity index (χ3v) is 6.21. The largest absolute Gasteiger partial charge is 0.494 e. The highest BCUT2D eigenvalue weighted by molar-refractivity contribution is 5.90. The Bertz CT molecular complexity index is 1060. The van der Waals surface area contributed by atoms with Crippen LogP contribution >= 0.6 is 0 Å². The Hall–Kier alpha value is -3.01. The van der Waals surface area contributed by atoms with Crippen molar-refractivity contribution in [1.82, 2.24) is 0 Å². The number of esters is 1. The Labute approximate surface area is 217 Å². The van der Waals surface area contributed by atoms with Crippen molar-refractivity contribution < 1.29 is 19.0 Å². The number of carbonyl (C=O) groups is 1. The van der Waals surface area contributed by atoms with Gasteiger partial charge in [-0.25, -0.2) is 4.79 Å². The first-order chi connectivity index (χ1) is 17.6. The van der Waals surface area contributed by atoms with Crippen LogP contribution in [0.5, 0.6) is 11.5 Å². The van der Waals surface area contributed by atoms with Gasteiger partial charge in [0.25, 0.3) is 0 Å². The van der Waals surface area contributed by atoms with Crippen molar-refractivity contribution in [1.29, 1.82) is 0 Å². The molecule has 0 unspecified atom stereocenters. The molecular formula is C32H42O4. The lowest BCUT2D eigenvalue weighted by atomic mass is 10.1. The van der Waals surface area contributed by atoms with E-state index in [4.69, 9.17) is 14.2 Å². The molecule has 0 amide bonds. The number of hydrogen-bond donors (Lipinski definition) is 0. The SMILES string of the molecule is CCCCCCCCCCOc1ccc2c(OCc3ccc(C(=O)OCC(C)C)cc3)cccc2c1. The Balaban J connectivity index is 1.46. The van der Waals surface area contributed by atoms with E-state index in [1.807, 2.05) is 44.2 Å². The standard InChI is InChI=1S/C32H42O4/c1-4-5-6-7-8-9-10-11-21-34-29-19-20-30-28(22-29)13-12-14-31(30)35-24-26-15-17-27(18-16-26)32(33)36-23-25(2)3/h12-20,22,25H,4-11,21,23-24H2,1-3H3. The molecule has 3 aromatic carbocycles. The number of hydrogen-bond acceptors (Lipinski definition) is 4. The van der Waals surface area contributed by atoms with Gasteiger partial charge >= 0.3 is 5.97 Å². The van der Waals surface area contributed by atoms with Gasteiger partial charge in [-0.15, -0.1) is 0 Å². The second kappa shape index (κ2) is 15.2. The molecule has 0 saturated carbocycles. The number of benzene rings is 3. The molecule has 0 saturated heterocycles. The summed E-state index contributed by atoms with van der Waals surface area (Å²) in [7, 11) is 0. The van der Waals surface area contributed by atoms with Gasteiger partial charge in [0.15, 0.2) is 0 Å². The number of unbranched alkanes of at least 4 members (excludes halogenated alkanes) is 7. The molecule has 3 rings (SSSR count). The predicted molar refractivity (Wildman–Crippen MR) is 148 cm³/mol. The van der Waals surface area contributed by atoms with E-state index < -0.39 is 0 Å². The Morgan fingerprint density at radius 1 is 0.806 bits per heavy atom. The van der Waals surface area contributed by atoms with Crippen LogP contribution in [-0.2, 0) is 11.3 Å². The fourth-order valence-corrected chi connectivity index (χ4v) is 4.10. The van der Waals surface area contributed by atoms with Gasteiger partial charge < -0.3 is 14.2 Å². The number of rotatable bonds is 16. The minimum atomic E-state index is -0.286. The molecule has 0 aliphatic heterocycles. The predicted octanol–water partition coefficient (Wildman–Crippen LogP) is 8.75. The minimum absolute atomic E-state index is 0.286. The van der Waals surface area contributed by atoms with E-state index in [0.29, 0.717) is 24.7 Å². The maximum Gasteiger partial charge on any atom is 0.338 e. The Morgan fingerprint density at radius 3 is 2.25 bits per heavy atom. The fourth-order valence-electron chi connectivity index (χ4n) is 4.10. The zero-order valence-corrected chi connectivity index (χ0v) is 22.3. The molecule has 36 heavy (non-hydrogen) atoms. The topological polar surface area (TPSA) is 44.8 Å². The van der Waals surface area contributed by atoms with Crippen LogP contribution in [0.3, 0.4) is 0 Å². The molecule has 0 bridgehead atoms. The van der Waals surface area contributed by atoms with Crippen molar-refractivity contribution in [3.63, 3.8) is 0 Å². The summed E-state index contributed by atoms with van der Waals surface area (Å²) in [4.78, 5) is 12.1. The Kier molecular flexibility index (Phi) is 11.6. The van der Waals surface area contributed by atoms with E-state index in [-0.39, 0.29) is 5.97 Å². The average molecular weight is 491 g/mol. The van der Waals surface area contributed by atoms with Crippen LogP contribution in [0, 0.1) is 5.92 Å². The molecule has 0 atom stereocenters. The van der Waals surface area contributed by atoms with Crippen LogP contribution in [0.1, 0.15) is 88.1 Å². The van der Waals surface area contributed by atoms with Crippen LogP contribution in [0.4, 0.5) is 0 Å². The van der Waals surface area contributed by atoms with Crippen LogP contribution in [0.2, 0.25) is 0 Å². The summed E-state index contributed by atoms with van der Waals surface area (Å²) in [6.07, 6.45) is 10.4. The molecular weight excluding hydrogens is 448 g/mol. The molecule has 3 aromatic rings. The number of carbonyl (C=O) groups excluding carboxylic acids is 1. The second-order valence-electron chi connectivity index (χ2n) is 9.94. The van der Waals surface area contributed by atoms with Crippen molar-refractivity contribution in [3.8, 4) is 11.5 Å². The molecule has 4 heteroatoms. The van der Waals surface area contributed by atoms with Crippen LogP contribution in [0.15, 0.2) is 60.7 Å². The summed E-state index contributed by atoms with van der Waals surface area (Å²) in [5.41, 5.74) is 1.56. The van der Waals surface area contributed by atoms with Crippen molar-refractivity contribution >= 4 is 16.7 Å². The highest BCUT2D eigenvalue weighted by Gasteiger charge is 2.09. The van der Waals surface area contributed by atoms with E-state index in [1.54, 1.807) is 12.1 Å². The summed E-state index contributed by atoms with van der Waals surface area (Å²) in [6.45, 7) is 7.92. The van der Waals surface area contributed by atoms with Crippen molar-refractivity contribution in [3.05, 3.63) is 71.8 Å².